The van der Waals surface area contributed by atoms with Gasteiger partial charge in [-0.15, -0.1) is 11.3 Å². The van der Waals surface area contributed by atoms with Gasteiger partial charge in [-0.05, 0) is 68.0 Å². The van der Waals surface area contributed by atoms with Crippen LogP contribution in [-0.4, -0.2) is 27.2 Å². The van der Waals surface area contributed by atoms with Gasteiger partial charge >= 0.3 is 0 Å². The third-order valence-corrected chi connectivity index (χ3v) is 6.83. The molecule has 1 aliphatic carbocycles. The first kappa shape index (κ1) is 19.7. The molecule has 1 aliphatic rings. The lowest BCUT2D eigenvalue weighted by Gasteiger charge is -2.09. The van der Waals surface area contributed by atoms with Crippen molar-refractivity contribution in [3.05, 3.63) is 69.7 Å². The van der Waals surface area contributed by atoms with Crippen LogP contribution in [0.2, 0.25) is 0 Å². The molecule has 158 valence electrons. The predicted octanol–water partition coefficient (Wildman–Crippen LogP) is 3.97. The van der Waals surface area contributed by atoms with E-state index in [0.29, 0.717) is 29.1 Å². The molecule has 0 bridgehead atoms. The van der Waals surface area contributed by atoms with E-state index in [4.69, 9.17) is 5.73 Å². The number of aryl methyl sites for hydroxylation is 2. The van der Waals surface area contributed by atoms with Crippen molar-refractivity contribution in [2.75, 3.05) is 12.3 Å². The average Bonchev–Trinajstić information content (AvgIpc) is 3.44. The fourth-order valence-corrected chi connectivity index (χ4v) is 5.13. The summed E-state index contributed by atoms with van der Waals surface area (Å²) < 4.78 is 16.5. The molecule has 6 nitrogen and oxygen atoms in total. The van der Waals surface area contributed by atoms with Gasteiger partial charge in [0.15, 0.2) is 0 Å². The minimum atomic E-state index is -0.296. The molecule has 0 spiro atoms. The summed E-state index contributed by atoms with van der Waals surface area (Å²) in [6.45, 7) is 2.21. The van der Waals surface area contributed by atoms with E-state index >= 15 is 0 Å². The number of halogens is 1. The molecule has 0 unspecified atom stereocenters. The summed E-state index contributed by atoms with van der Waals surface area (Å²) in [7, 11) is 0. The number of hydrogen-bond donors (Lipinski definition) is 2. The smallest absolute Gasteiger partial charge is 0.263 e. The molecule has 1 aromatic carbocycles. The van der Waals surface area contributed by atoms with E-state index in [-0.39, 0.29) is 11.7 Å². The first-order chi connectivity index (χ1) is 15.0. The second kappa shape index (κ2) is 7.77. The highest BCUT2D eigenvalue weighted by Crippen LogP contribution is 2.32. The largest absolute Gasteiger partial charge is 0.397 e. The SMILES string of the molecule is Cc1ccc2c(N)c(C(=O)NCCc3ccc(-n4ncc5c4CCC5)cc3F)sc2n1. The van der Waals surface area contributed by atoms with E-state index < -0.39 is 0 Å². The summed E-state index contributed by atoms with van der Waals surface area (Å²) in [5, 5.41) is 8.04. The van der Waals surface area contributed by atoms with Crippen molar-refractivity contribution >= 4 is 33.1 Å². The third kappa shape index (κ3) is 3.57. The van der Waals surface area contributed by atoms with E-state index in [0.717, 1.165) is 40.9 Å². The molecule has 8 heteroatoms. The van der Waals surface area contributed by atoms with Gasteiger partial charge in [-0.25, -0.2) is 14.1 Å². The van der Waals surface area contributed by atoms with Gasteiger partial charge < -0.3 is 11.1 Å². The summed E-state index contributed by atoms with van der Waals surface area (Å²) in [6.07, 6.45) is 5.39. The van der Waals surface area contributed by atoms with E-state index in [2.05, 4.69) is 15.4 Å². The van der Waals surface area contributed by atoms with E-state index in [9.17, 15) is 9.18 Å². The number of benzene rings is 1. The zero-order chi connectivity index (χ0) is 21.5. The van der Waals surface area contributed by atoms with Crippen molar-refractivity contribution in [1.82, 2.24) is 20.1 Å². The highest BCUT2D eigenvalue weighted by molar-refractivity contribution is 7.21. The van der Waals surface area contributed by atoms with Crippen LogP contribution in [0.1, 0.15) is 38.6 Å². The maximum atomic E-state index is 14.7. The minimum absolute atomic E-state index is 0.262. The molecular weight excluding hydrogens is 413 g/mol. The van der Waals surface area contributed by atoms with Crippen LogP contribution >= 0.6 is 11.3 Å². The molecule has 1 amide bonds. The average molecular weight is 436 g/mol. The first-order valence-corrected chi connectivity index (χ1v) is 11.1. The topological polar surface area (TPSA) is 85.8 Å². The monoisotopic (exact) mass is 435 g/mol. The fourth-order valence-electron chi connectivity index (χ4n) is 4.07. The molecule has 3 N–H and O–H groups in total. The van der Waals surface area contributed by atoms with Gasteiger partial charge in [0.25, 0.3) is 5.91 Å². The van der Waals surface area contributed by atoms with Gasteiger partial charge in [-0.2, -0.15) is 5.10 Å². The summed E-state index contributed by atoms with van der Waals surface area (Å²) in [5.41, 5.74) is 11.2. The Bertz CT molecular complexity index is 1310. The Labute approximate surface area is 182 Å². The van der Waals surface area contributed by atoms with E-state index in [1.807, 2.05) is 36.0 Å². The Morgan fingerprint density at radius 1 is 1.29 bits per heavy atom. The number of carbonyl (C=O) groups is 1. The Kier molecular flexibility index (Phi) is 4.94. The molecule has 0 atom stereocenters. The van der Waals surface area contributed by atoms with Crippen molar-refractivity contribution in [3.63, 3.8) is 0 Å². The number of rotatable bonds is 5. The molecule has 0 aliphatic heterocycles. The number of hydrogen-bond acceptors (Lipinski definition) is 5. The van der Waals surface area contributed by atoms with Gasteiger partial charge in [-0.3, -0.25) is 4.79 Å². The number of nitrogens with two attached hydrogens (primary N) is 1. The van der Waals surface area contributed by atoms with Crippen molar-refractivity contribution < 1.29 is 9.18 Å². The fraction of sp³-hybridized carbons (Fsp3) is 0.261. The molecule has 31 heavy (non-hydrogen) atoms. The number of carbonyl (C=O) groups excluding carboxylic acids is 1. The Morgan fingerprint density at radius 3 is 3.00 bits per heavy atom. The second-order valence-corrected chi connectivity index (χ2v) is 8.81. The highest BCUT2D eigenvalue weighted by atomic mass is 32.1. The van der Waals surface area contributed by atoms with Gasteiger partial charge in [0.1, 0.15) is 15.5 Å². The highest BCUT2D eigenvalue weighted by Gasteiger charge is 2.19. The summed E-state index contributed by atoms with van der Waals surface area (Å²) in [4.78, 5) is 18.2. The number of nitrogens with one attached hydrogen (secondary N) is 1. The van der Waals surface area contributed by atoms with E-state index in [1.165, 1.54) is 28.7 Å². The molecule has 3 heterocycles. The van der Waals surface area contributed by atoms with Crippen LogP contribution in [0, 0.1) is 12.7 Å². The first-order valence-electron chi connectivity index (χ1n) is 10.3. The number of nitrogens with zero attached hydrogens (tertiary/aromatic N) is 3. The predicted molar refractivity (Wildman–Crippen MR) is 120 cm³/mol. The number of fused-ring (bicyclic) bond motifs is 2. The van der Waals surface area contributed by atoms with Gasteiger partial charge in [0.2, 0.25) is 0 Å². The number of thiophene rings is 1. The van der Waals surface area contributed by atoms with Crippen LogP contribution in [0.3, 0.4) is 0 Å². The van der Waals surface area contributed by atoms with Crippen LogP contribution in [0.4, 0.5) is 10.1 Å². The van der Waals surface area contributed by atoms with Crippen LogP contribution in [0.25, 0.3) is 15.9 Å². The van der Waals surface area contributed by atoms with Crippen LogP contribution in [-0.2, 0) is 19.3 Å². The molecule has 0 saturated carbocycles. The standard InChI is InChI=1S/C23H22FN5OS/c1-13-5-8-17-20(25)21(31-23(17)28-13)22(30)26-10-9-14-6-7-16(11-18(14)24)29-19-4-2-3-15(19)12-27-29/h5-8,11-12H,2-4,9-10,25H2,1H3,(H,26,30). The normalized spacial score (nSPS) is 13.0. The molecule has 0 fully saturated rings. The maximum absolute atomic E-state index is 14.7. The third-order valence-electron chi connectivity index (χ3n) is 5.72. The number of aromatic nitrogens is 3. The molecule has 0 saturated heterocycles. The molecular formula is C23H22FN5OS. The Hall–Kier alpha value is -3.26. The van der Waals surface area contributed by atoms with Gasteiger partial charge in [0, 0.05) is 23.3 Å². The quantitative estimate of drug-likeness (QED) is 0.497. The summed E-state index contributed by atoms with van der Waals surface area (Å²) >= 11 is 1.27. The lowest BCUT2D eigenvalue weighted by Crippen LogP contribution is -2.25. The maximum Gasteiger partial charge on any atom is 0.263 e. The number of nitrogen functional groups attached to an aromatic ring is 1. The van der Waals surface area contributed by atoms with Crippen LogP contribution in [0.15, 0.2) is 36.5 Å². The molecule has 3 aromatic heterocycles. The zero-order valence-electron chi connectivity index (χ0n) is 17.1. The van der Waals surface area contributed by atoms with Crippen molar-refractivity contribution in [2.45, 2.75) is 32.6 Å². The van der Waals surface area contributed by atoms with Crippen molar-refractivity contribution in [2.24, 2.45) is 0 Å². The zero-order valence-corrected chi connectivity index (χ0v) is 17.9. The van der Waals surface area contributed by atoms with Crippen LogP contribution < -0.4 is 11.1 Å². The van der Waals surface area contributed by atoms with Gasteiger partial charge in [0.05, 0.1) is 17.6 Å². The summed E-state index contributed by atoms with van der Waals surface area (Å²) in [5.74, 6) is -0.558. The Morgan fingerprint density at radius 2 is 2.16 bits per heavy atom. The van der Waals surface area contributed by atoms with Crippen molar-refractivity contribution in [1.29, 1.82) is 0 Å². The number of amides is 1. The second-order valence-electron chi connectivity index (χ2n) is 7.81. The molecule has 0 radical (unpaired) electrons. The van der Waals surface area contributed by atoms with Crippen molar-refractivity contribution in [3.8, 4) is 5.69 Å². The summed E-state index contributed by atoms with van der Waals surface area (Å²) in [6, 6.07) is 8.91. The molecule has 4 aromatic rings. The molecule has 5 rings (SSSR count). The number of pyridine rings is 1. The van der Waals surface area contributed by atoms with Crippen LogP contribution in [0.5, 0.6) is 0 Å². The lowest BCUT2D eigenvalue weighted by atomic mass is 10.1. The van der Waals surface area contributed by atoms with Gasteiger partial charge in [-0.1, -0.05) is 6.07 Å². The number of anilines is 1. The lowest BCUT2D eigenvalue weighted by molar-refractivity contribution is 0.0959. The Balaban J connectivity index is 1.26. The van der Waals surface area contributed by atoms with E-state index in [1.54, 1.807) is 6.07 Å². The minimum Gasteiger partial charge on any atom is -0.397 e.